The normalized spacial score (nSPS) is 10.3. The summed E-state index contributed by atoms with van der Waals surface area (Å²) in [4.78, 5) is 0. The number of aliphatic hydroxyl groups is 1. The van der Waals surface area contributed by atoms with Gasteiger partial charge in [0.25, 0.3) is 0 Å². The highest BCUT2D eigenvalue weighted by molar-refractivity contribution is 9.10. The lowest BCUT2D eigenvalue weighted by Gasteiger charge is -2.14. The Labute approximate surface area is 148 Å². The topological polar surface area (TPSA) is 38.7 Å². The van der Waals surface area contributed by atoms with E-state index in [1.165, 1.54) is 0 Å². The zero-order valence-electron chi connectivity index (χ0n) is 13.7. The van der Waals surface area contributed by atoms with Crippen molar-refractivity contribution in [3.05, 3.63) is 47.5 Å². The Morgan fingerprint density at radius 3 is 1.78 bits per heavy atom. The molecule has 1 aromatic carbocycles. The van der Waals surface area contributed by atoms with Crippen LogP contribution in [0.4, 0.5) is 0 Å². The van der Waals surface area contributed by atoms with Gasteiger partial charge >= 0.3 is 0 Å². The first-order chi connectivity index (χ1) is 11.2. The van der Waals surface area contributed by atoms with E-state index in [-0.39, 0.29) is 6.61 Å². The molecule has 0 fully saturated rings. The molecule has 0 radical (unpaired) electrons. The number of halogens is 1. The van der Waals surface area contributed by atoms with Crippen molar-refractivity contribution < 1.29 is 14.6 Å². The average Bonchev–Trinajstić information content (AvgIpc) is 2.57. The van der Waals surface area contributed by atoms with Crippen molar-refractivity contribution in [3.8, 4) is 11.5 Å². The van der Waals surface area contributed by atoms with Gasteiger partial charge in [-0.1, -0.05) is 12.2 Å². The predicted octanol–water partition coefficient (Wildman–Crippen LogP) is 5.41. The molecule has 128 valence electrons. The first-order valence-electron chi connectivity index (χ1n) is 8.13. The molecule has 0 heterocycles. The number of hydrogen-bond acceptors (Lipinski definition) is 3. The number of ether oxygens (including phenoxy) is 2. The van der Waals surface area contributed by atoms with Crippen molar-refractivity contribution in [1.82, 2.24) is 0 Å². The van der Waals surface area contributed by atoms with Crippen LogP contribution in [0.5, 0.6) is 11.5 Å². The molecule has 1 aromatic rings. The van der Waals surface area contributed by atoms with E-state index < -0.39 is 0 Å². The Balaban J connectivity index is 2.60. The summed E-state index contributed by atoms with van der Waals surface area (Å²) in [5.41, 5.74) is 0.787. The number of benzene rings is 1. The van der Waals surface area contributed by atoms with E-state index in [1.54, 1.807) is 0 Å². The van der Waals surface area contributed by atoms with Crippen LogP contribution in [0.1, 0.15) is 44.1 Å². The first-order valence-corrected chi connectivity index (χ1v) is 8.93. The monoisotopic (exact) mass is 382 g/mol. The molecule has 0 aliphatic carbocycles. The van der Waals surface area contributed by atoms with Gasteiger partial charge in [-0.2, -0.15) is 0 Å². The number of hydrogen-bond donors (Lipinski definition) is 1. The molecule has 23 heavy (non-hydrogen) atoms. The van der Waals surface area contributed by atoms with E-state index in [0.717, 1.165) is 60.1 Å². The summed E-state index contributed by atoms with van der Waals surface area (Å²) in [6.07, 6.45) is 9.90. The lowest BCUT2D eigenvalue weighted by atomic mass is 10.2. The van der Waals surface area contributed by atoms with Crippen LogP contribution in [0.15, 0.2) is 41.9 Å². The summed E-state index contributed by atoms with van der Waals surface area (Å²) >= 11 is 3.55. The van der Waals surface area contributed by atoms with Crippen LogP contribution in [-0.4, -0.2) is 18.3 Å². The van der Waals surface area contributed by atoms with E-state index in [1.807, 2.05) is 24.3 Å². The van der Waals surface area contributed by atoms with Crippen molar-refractivity contribution in [2.75, 3.05) is 13.2 Å². The van der Waals surface area contributed by atoms with Gasteiger partial charge in [-0.3, -0.25) is 0 Å². The second-order valence-electron chi connectivity index (χ2n) is 5.33. The molecule has 1 rings (SSSR count). The van der Waals surface area contributed by atoms with Gasteiger partial charge in [0.05, 0.1) is 19.8 Å². The average molecular weight is 383 g/mol. The molecule has 0 spiro atoms. The van der Waals surface area contributed by atoms with Crippen molar-refractivity contribution in [2.24, 2.45) is 0 Å². The van der Waals surface area contributed by atoms with Crippen LogP contribution in [0.2, 0.25) is 0 Å². The van der Waals surface area contributed by atoms with Crippen LogP contribution >= 0.6 is 15.9 Å². The van der Waals surface area contributed by atoms with E-state index in [2.05, 4.69) is 29.1 Å². The Bertz CT molecular complexity index is 446. The summed E-state index contributed by atoms with van der Waals surface area (Å²) in [6, 6.07) is 3.70. The van der Waals surface area contributed by atoms with Crippen LogP contribution in [0.3, 0.4) is 0 Å². The van der Waals surface area contributed by atoms with Gasteiger partial charge in [-0.25, -0.2) is 0 Å². The van der Waals surface area contributed by atoms with Crippen LogP contribution in [0.25, 0.3) is 0 Å². The standard InChI is InChI=1S/C19H27BrO3/c1-3-5-7-9-11-22-17-13-16(15-21)14-18(19(17)20)23-12-10-8-6-4-2/h3-4,13-14,21H,1-2,5-12,15H2. The second-order valence-corrected chi connectivity index (χ2v) is 6.12. The Hall–Kier alpha value is -1.26. The second kappa shape index (κ2) is 12.2. The molecule has 0 unspecified atom stereocenters. The molecule has 3 nitrogen and oxygen atoms in total. The van der Waals surface area contributed by atoms with E-state index in [9.17, 15) is 5.11 Å². The van der Waals surface area contributed by atoms with Gasteiger partial charge in [0.15, 0.2) is 0 Å². The summed E-state index contributed by atoms with van der Waals surface area (Å²) in [6.45, 7) is 8.67. The third-order valence-electron chi connectivity index (χ3n) is 3.37. The Morgan fingerprint density at radius 1 is 0.913 bits per heavy atom. The highest BCUT2D eigenvalue weighted by Gasteiger charge is 2.11. The molecule has 0 aliphatic rings. The summed E-state index contributed by atoms with van der Waals surface area (Å²) in [7, 11) is 0. The number of unbranched alkanes of at least 4 members (excludes halogenated alkanes) is 4. The zero-order chi connectivity index (χ0) is 16.9. The highest BCUT2D eigenvalue weighted by atomic mass is 79.9. The molecule has 0 atom stereocenters. The lowest BCUT2D eigenvalue weighted by molar-refractivity contribution is 0.270. The van der Waals surface area contributed by atoms with Crippen LogP contribution < -0.4 is 9.47 Å². The maximum absolute atomic E-state index is 9.41. The molecule has 0 saturated carbocycles. The van der Waals surface area contributed by atoms with Crippen molar-refractivity contribution in [2.45, 2.75) is 45.1 Å². The number of allylic oxidation sites excluding steroid dienone is 2. The van der Waals surface area contributed by atoms with Crippen LogP contribution in [0, 0.1) is 0 Å². The van der Waals surface area contributed by atoms with E-state index in [0.29, 0.717) is 13.2 Å². The zero-order valence-corrected chi connectivity index (χ0v) is 15.3. The maximum Gasteiger partial charge on any atom is 0.137 e. The molecule has 0 bridgehead atoms. The highest BCUT2D eigenvalue weighted by Crippen LogP contribution is 2.36. The molecule has 4 heteroatoms. The number of rotatable bonds is 13. The van der Waals surface area contributed by atoms with Gasteiger partial charge in [-0.15, -0.1) is 13.2 Å². The number of aliphatic hydroxyl groups excluding tert-OH is 1. The van der Waals surface area contributed by atoms with E-state index >= 15 is 0 Å². The largest absolute Gasteiger partial charge is 0.492 e. The minimum atomic E-state index is -0.0348. The maximum atomic E-state index is 9.41. The minimum absolute atomic E-state index is 0.0348. The smallest absolute Gasteiger partial charge is 0.137 e. The quantitative estimate of drug-likeness (QED) is 0.366. The van der Waals surface area contributed by atoms with Gasteiger partial charge in [0.1, 0.15) is 16.0 Å². The fourth-order valence-corrected chi connectivity index (χ4v) is 2.53. The van der Waals surface area contributed by atoms with Gasteiger partial charge < -0.3 is 14.6 Å². The third-order valence-corrected chi connectivity index (χ3v) is 4.15. The fraction of sp³-hybridized carbons (Fsp3) is 0.474. The lowest BCUT2D eigenvalue weighted by Crippen LogP contribution is -2.02. The summed E-state index contributed by atoms with van der Waals surface area (Å²) in [5, 5.41) is 9.41. The third kappa shape index (κ3) is 7.71. The molecule has 0 aliphatic heterocycles. The van der Waals surface area contributed by atoms with E-state index in [4.69, 9.17) is 9.47 Å². The summed E-state index contributed by atoms with van der Waals surface area (Å²) < 4.78 is 12.5. The molecular formula is C19H27BrO3. The minimum Gasteiger partial charge on any atom is -0.492 e. The SMILES string of the molecule is C=CCCCCOc1cc(CO)cc(OCCCCC=C)c1Br. The van der Waals surface area contributed by atoms with Gasteiger partial charge in [0, 0.05) is 0 Å². The van der Waals surface area contributed by atoms with Gasteiger partial charge in [0.2, 0.25) is 0 Å². The fourth-order valence-electron chi connectivity index (χ4n) is 2.07. The molecule has 0 aromatic heterocycles. The Morgan fingerprint density at radius 2 is 1.39 bits per heavy atom. The molecule has 0 saturated heterocycles. The molecular weight excluding hydrogens is 356 g/mol. The first kappa shape index (κ1) is 19.8. The predicted molar refractivity (Wildman–Crippen MR) is 99.2 cm³/mol. The van der Waals surface area contributed by atoms with Gasteiger partial charge in [-0.05, 0) is 72.2 Å². The summed E-state index contributed by atoms with van der Waals surface area (Å²) in [5.74, 6) is 1.44. The Kier molecular flexibility index (Phi) is 10.5. The molecule has 0 amide bonds. The van der Waals surface area contributed by atoms with Crippen LogP contribution in [-0.2, 0) is 6.61 Å². The molecule has 1 N–H and O–H groups in total. The van der Waals surface area contributed by atoms with Crippen molar-refractivity contribution in [1.29, 1.82) is 0 Å². The van der Waals surface area contributed by atoms with Crippen molar-refractivity contribution in [3.63, 3.8) is 0 Å². The van der Waals surface area contributed by atoms with Crippen molar-refractivity contribution >= 4 is 15.9 Å².